The van der Waals surface area contributed by atoms with Crippen LogP contribution in [0.25, 0.3) is 0 Å². The normalized spacial score (nSPS) is 11.2. The summed E-state index contributed by atoms with van der Waals surface area (Å²) in [4.78, 5) is 0. The van der Waals surface area contributed by atoms with Crippen molar-refractivity contribution in [2.45, 2.75) is 6.92 Å². The van der Waals surface area contributed by atoms with Crippen LogP contribution in [0.4, 0.5) is 0 Å². The molecule has 0 bridgehead atoms. The molecule has 0 unspecified atom stereocenters. The van der Waals surface area contributed by atoms with Gasteiger partial charge in [-0.1, -0.05) is 48.6 Å². The van der Waals surface area contributed by atoms with Gasteiger partial charge in [-0.05, 0) is 18.6 Å². The van der Waals surface area contributed by atoms with Crippen molar-refractivity contribution in [3.63, 3.8) is 0 Å². The van der Waals surface area contributed by atoms with E-state index in [9.17, 15) is 0 Å². The molecule has 13 heavy (non-hydrogen) atoms. The lowest BCUT2D eigenvalue weighted by atomic mass is 10.1. The minimum Gasteiger partial charge on any atom is -0.300 e. The number of allylic oxidation sites excluding steroid dienone is 4. The molecule has 0 amide bonds. The van der Waals surface area contributed by atoms with E-state index in [1.165, 1.54) is 0 Å². The highest BCUT2D eigenvalue weighted by Gasteiger charge is 1.92. The van der Waals surface area contributed by atoms with Gasteiger partial charge in [-0.3, -0.25) is 0 Å². The standard InChI is InChI=1S/C12H13N/c1-2-3-5-10-12(13)11-8-6-4-7-9-11/h2-10,13H,1H3/b3-2-,10-5-,13-12?. The van der Waals surface area contributed by atoms with Crippen LogP contribution in [-0.2, 0) is 0 Å². The molecule has 1 rings (SSSR count). The number of rotatable bonds is 3. The molecule has 1 N–H and O–H groups in total. The van der Waals surface area contributed by atoms with Crippen molar-refractivity contribution in [1.82, 2.24) is 0 Å². The molecule has 0 aliphatic carbocycles. The number of hydrogen-bond acceptors (Lipinski definition) is 1. The fourth-order valence-corrected chi connectivity index (χ4v) is 0.977. The number of benzene rings is 1. The van der Waals surface area contributed by atoms with Gasteiger partial charge in [0.1, 0.15) is 0 Å². The van der Waals surface area contributed by atoms with Gasteiger partial charge in [0, 0.05) is 0 Å². The maximum atomic E-state index is 7.69. The molecule has 1 aromatic carbocycles. The third kappa shape index (κ3) is 3.08. The molecule has 0 aliphatic rings. The molecule has 0 heterocycles. The monoisotopic (exact) mass is 171 g/mol. The summed E-state index contributed by atoms with van der Waals surface area (Å²) in [5.74, 6) is 0. The first-order chi connectivity index (χ1) is 6.34. The second-order valence-electron chi connectivity index (χ2n) is 2.66. The van der Waals surface area contributed by atoms with E-state index in [1.54, 1.807) is 6.08 Å². The predicted octanol–water partition coefficient (Wildman–Crippen LogP) is 3.19. The van der Waals surface area contributed by atoms with Gasteiger partial charge in [-0.25, -0.2) is 0 Å². The molecule has 1 aromatic rings. The van der Waals surface area contributed by atoms with Gasteiger partial charge in [0.25, 0.3) is 0 Å². The smallest absolute Gasteiger partial charge is 0.0612 e. The highest BCUT2D eigenvalue weighted by Crippen LogP contribution is 2.00. The van der Waals surface area contributed by atoms with Crippen LogP contribution in [0.3, 0.4) is 0 Å². The Morgan fingerprint density at radius 2 is 1.85 bits per heavy atom. The Bertz CT molecular complexity index is 320. The zero-order chi connectivity index (χ0) is 9.52. The highest BCUT2D eigenvalue weighted by molar-refractivity contribution is 6.06. The van der Waals surface area contributed by atoms with Crippen molar-refractivity contribution in [2.24, 2.45) is 0 Å². The van der Waals surface area contributed by atoms with Crippen molar-refractivity contribution < 1.29 is 0 Å². The average Bonchev–Trinajstić information content (AvgIpc) is 2.19. The van der Waals surface area contributed by atoms with E-state index in [4.69, 9.17) is 5.41 Å². The van der Waals surface area contributed by atoms with Gasteiger partial charge in [0.05, 0.1) is 5.71 Å². The minimum absolute atomic E-state index is 0.540. The summed E-state index contributed by atoms with van der Waals surface area (Å²) in [7, 11) is 0. The van der Waals surface area contributed by atoms with Gasteiger partial charge >= 0.3 is 0 Å². The Morgan fingerprint density at radius 3 is 2.46 bits per heavy atom. The van der Waals surface area contributed by atoms with E-state index in [-0.39, 0.29) is 0 Å². The van der Waals surface area contributed by atoms with Crippen LogP contribution in [0.1, 0.15) is 12.5 Å². The zero-order valence-corrected chi connectivity index (χ0v) is 7.70. The average molecular weight is 171 g/mol. The maximum absolute atomic E-state index is 7.69. The molecule has 0 saturated carbocycles. The Balaban J connectivity index is 2.70. The van der Waals surface area contributed by atoms with Crippen molar-refractivity contribution in [2.75, 3.05) is 0 Å². The molecule has 0 aromatic heterocycles. The maximum Gasteiger partial charge on any atom is 0.0612 e. The van der Waals surface area contributed by atoms with Gasteiger partial charge in [-0.15, -0.1) is 0 Å². The first kappa shape index (κ1) is 9.46. The van der Waals surface area contributed by atoms with E-state index >= 15 is 0 Å². The first-order valence-electron chi connectivity index (χ1n) is 4.28. The molecule has 66 valence electrons. The molecular formula is C12H13N. The van der Waals surface area contributed by atoms with Gasteiger partial charge < -0.3 is 5.41 Å². The lowest BCUT2D eigenvalue weighted by Gasteiger charge is -1.95. The first-order valence-corrected chi connectivity index (χ1v) is 4.28. The zero-order valence-electron chi connectivity index (χ0n) is 7.70. The minimum atomic E-state index is 0.540. The van der Waals surface area contributed by atoms with Crippen LogP contribution in [0, 0.1) is 5.41 Å². The molecular weight excluding hydrogens is 158 g/mol. The SMILES string of the molecule is C/C=C\C=C/C(=N)c1ccccc1. The summed E-state index contributed by atoms with van der Waals surface area (Å²) in [6, 6.07) is 9.69. The second-order valence-corrected chi connectivity index (χ2v) is 2.66. The van der Waals surface area contributed by atoms with Gasteiger partial charge in [-0.2, -0.15) is 0 Å². The summed E-state index contributed by atoms with van der Waals surface area (Å²) >= 11 is 0. The molecule has 0 radical (unpaired) electrons. The third-order valence-corrected chi connectivity index (χ3v) is 1.65. The second kappa shape index (κ2) is 5.09. The number of hydrogen-bond donors (Lipinski definition) is 1. The largest absolute Gasteiger partial charge is 0.300 e. The molecule has 0 saturated heterocycles. The quantitative estimate of drug-likeness (QED) is 0.533. The summed E-state index contributed by atoms with van der Waals surface area (Å²) < 4.78 is 0. The van der Waals surface area contributed by atoms with Crippen molar-refractivity contribution in [1.29, 1.82) is 5.41 Å². The van der Waals surface area contributed by atoms with Crippen LogP contribution in [-0.4, -0.2) is 5.71 Å². The van der Waals surface area contributed by atoms with Crippen LogP contribution in [0.15, 0.2) is 54.6 Å². The summed E-state index contributed by atoms with van der Waals surface area (Å²) in [6.45, 7) is 1.95. The highest BCUT2D eigenvalue weighted by atomic mass is 14.4. The Kier molecular flexibility index (Phi) is 3.71. The number of nitrogens with one attached hydrogen (secondary N) is 1. The third-order valence-electron chi connectivity index (χ3n) is 1.65. The van der Waals surface area contributed by atoms with Crippen LogP contribution in [0.2, 0.25) is 0 Å². The predicted molar refractivity (Wildman–Crippen MR) is 57.2 cm³/mol. The summed E-state index contributed by atoms with van der Waals surface area (Å²) in [5, 5.41) is 7.69. The summed E-state index contributed by atoms with van der Waals surface area (Å²) in [6.07, 6.45) is 7.51. The molecule has 0 spiro atoms. The summed E-state index contributed by atoms with van der Waals surface area (Å²) in [5.41, 5.74) is 1.49. The fourth-order valence-electron chi connectivity index (χ4n) is 0.977. The molecule has 0 aliphatic heterocycles. The van der Waals surface area contributed by atoms with Crippen LogP contribution in [0.5, 0.6) is 0 Å². The lowest BCUT2D eigenvalue weighted by molar-refractivity contribution is 1.49. The molecule has 1 nitrogen and oxygen atoms in total. The Morgan fingerprint density at radius 1 is 1.15 bits per heavy atom. The van der Waals surface area contributed by atoms with Crippen molar-refractivity contribution in [3.8, 4) is 0 Å². The molecule has 1 heteroatoms. The lowest BCUT2D eigenvalue weighted by Crippen LogP contribution is -1.92. The van der Waals surface area contributed by atoms with Crippen molar-refractivity contribution in [3.05, 3.63) is 60.2 Å². The van der Waals surface area contributed by atoms with Gasteiger partial charge in [0.15, 0.2) is 0 Å². The Labute approximate surface area is 78.9 Å². The van der Waals surface area contributed by atoms with E-state index in [0.717, 1.165) is 5.56 Å². The Hall–Kier alpha value is -1.63. The molecule has 0 fully saturated rings. The topological polar surface area (TPSA) is 23.9 Å². The van der Waals surface area contributed by atoms with Crippen LogP contribution < -0.4 is 0 Å². The van der Waals surface area contributed by atoms with Crippen LogP contribution >= 0.6 is 0 Å². The van der Waals surface area contributed by atoms with Crippen molar-refractivity contribution >= 4 is 5.71 Å². The molecule has 0 atom stereocenters. The van der Waals surface area contributed by atoms with E-state index in [0.29, 0.717) is 5.71 Å². The fraction of sp³-hybridized carbons (Fsp3) is 0.0833. The van der Waals surface area contributed by atoms with E-state index in [1.807, 2.05) is 55.5 Å². The van der Waals surface area contributed by atoms with E-state index < -0.39 is 0 Å². The van der Waals surface area contributed by atoms with Gasteiger partial charge in [0.2, 0.25) is 0 Å². The van der Waals surface area contributed by atoms with E-state index in [2.05, 4.69) is 0 Å².